The van der Waals surface area contributed by atoms with E-state index in [2.05, 4.69) is 40.9 Å². The second kappa shape index (κ2) is 6.08. The number of phenolic OH excluding ortho intramolecular Hbond substituents is 1. The number of nitrogens with one attached hydrogen (secondary N) is 1. The molecule has 0 aliphatic carbocycles. The number of aryl methyl sites for hydroxylation is 1. The van der Waals surface area contributed by atoms with E-state index in [1.165, 1.54) is 0 Å². The number of hydrogen-bond acceptors (Lipinski definition) is 4. The number of fused-ring (bicyclic) bond motifs is 1. The van der Waals surface area contributed by atoms with Gasteiger partial charge in [0.15, 0.2) is 0 Å². The summed E-state index contributed by atoms with van der Waals surface area (Å²) in [4.78, 5) is 0. The number of rotatable bonds is 4. The Hall–Kier alpha value is -1.88. The molecule has 1 aliphatic rings. The van der Waals surface area contributed by atoms with Gasteiger partial charge in [-0.2, -0.15) is 0 Å². The van der Waals surface area contributed by atoms with Crippen molar-refractivity contribution < 1.29 is 5.11 Å². The van der Waals surface area contributed by atoms with E-state index in [9.17, 15) is 5.11 Å². The first-order chi connectivity index (χ1) is 10.5. The molecule has 0 spiro atoms. The van der Waals surface area contributed by atoms with Gasteiger partial charge in [0.05, 0.1) is 0 Å². The number of nitrogens with zero attached hydrogens (tertiary/aromatic N) is 3. The fraction of sp³-hybridized carbons (Fsp3) is 0.529. The minimum atomic E-state index is 0.206. The smallest absolute Gasteiger partial charge is 0.135 e. The van der Waals surface area contributed by atoms with Crippen LogP contribution in [0.4, 0.5) is 0 Å². The van der Waals surface area contributed by atoms with Crippen LogP contribution >= 0.6 is 0 Å². The summed E-state index contributed by atoms with van der Waals surface area (Å²) in [6.07, 6.45) is 2.03. The van der Waals surface area contributed by atoms with Crippen LogP contribution in [0.5, 0.6) is 5.75 Å². The molecule has 0 unspecified atom stereocenters. The van der Waals surface area contributed by atoms with Crippen molar-refractivity contribution in [2.24, 2.45) is 0 Å². The molecule has 2 aromatic rings. The molecule has 1 aromatic carbocycles. The van der Waals surface area contributed by atoms with Crippen LogP contribution < -0.4 is 5.32 Å². The van der Waals surface area contributed by atoms with Crippen molar-refractivity contribution in [3.63, 3.8) is 0 Å². The van der Waals surface area contributed by atoms with Crippen LogP contribution in [0.3, 0.4) is 0 Å². The summed E-state index contributed by atoms with van der Waals surface area (Å²) in [5, 5.41) is 21.9. The molecule has 0 bridgehead atoms. The van der Waals surface area contributed by atoms with E-state index < -0.39 is 0 Å². The van der Waals surface area contributed by atoms with Crippen LogP contribution in [0.2, 0.25) is 0 Å². The molecule has 22 heavy (non-hydrogen) atoms. The van der Waals surface area contributed by atoms with Crippen molar-refractivity contribution >= 4 is 0 Å². The monoisotopic (exact) mass is 300 g/mol. The van der Waals surface area contributed by atoms with Gasteiger partial charge in [0.1, 0.15) is 17.4 Å². The number of aromatic hydroxyl groups is 1. The minimum absolute atomic E-state index is 0.206. The molecule has 2 N–H and O–H groups in total. The first kappa shape index (κ1) is 15.0. The zero-order valence-corrected chi connectivity index (χ0v) is 13.5. The van der Waals surface area contributed by atoms with Crippen molar-refractivity contribution in [3.05, 3.63) is 41.5 Å². The third kappa shape index (κ3) is 2.99. The first-order valence-electron chi connectivity index (χ1n) is 8.01. The van der Waals surface area contributed by atoms with Crippen LogP contribution in [0.25, 0.3) is 0 Å². The highest BCUT2D eigenvalue weighted by atomic mass is 16.3. The maximum atomic E-state index is 9.62. The zero-order valence-electron chi connectivity index (χ0n) is 13.5. The standard InChI is InChI=1S/C17H24N4O/c1-11(2)17-20-19-16-8-7-14(10-21(16)17)18-12(3)13-5-4-6-15(22)9-13/h4-6,9,11-12,14,18,22H,7-8,10H2,1-3H3/t12-,14-/m1/s1. The quantitative estimate of drug-likeness (QED) is 0.911. The Morgan fingerprint density at radius 3 is 2.82 bits per heavy atom. The molecule has 118 valence electrons. The normalized spacial score (nSPS) is 19.2. The molecule has 5 nitrogen and oxygen atoms in total. The van der Waals surface area contributed by atoms with Gasteiger partial charge in [-0.1, -0.05) is 26.0 Å². The molecule has 1 aliphatic heterocycles. The van der Waals surface area contributed by atoms with Crippen molar-refractivity contribution in [2.75, 3.05) is 0 Å². The van der Waals surface area contributed by atoms with E-state index in [1.54, 1.807) is 6.07 Å². The minimum Gasteiger partial charge on any atom is -0.508 e. The van der Waals surface area contributed by atoms with E-state index >= 15 is 0 Å². The molecule has 3 rings (SSSR count). The van der Waals surface area contributed by atoms with Crippen LogP contribution in [0.15, 0.2) is 24.3 Å². The van der Waals surface area contributed by atoms with Gasteiger partial charge in [-0.15, -0.1) is 10.2 Å². The van der Waals surface area contributed by atoms with Crippen LogP contribution in [0, 0.1) is 0 Å². The fourth-order valence-electron chi connectivity index (χ4n) is 3.16. The Morgan fingerprint density at radius 1 is 1.27 bits per heavy atom. The van der Waals surface area contributed by atoms with Gasteiger partial charge in [-0.05, 0) is 31.0 Å². The summed E-state index contributed by atoms with van der Waals surface area (Å²) in [7, 11) is 0. The average Bonchev–Trinajstić information content (AvgIpc) is 2.90. The van der Waals surface area contributed by atoms with E-state index in [4.69, 9.17) is 0 Å². The molecule has 2 atom stereocenters. The number of aromatic nitrogens is 3. The highest BCUT2D eigenvalue weighted by Gasteiger charge is 2.25. The molecule has 0 saturated carbocycles. The second-order valence-electron chi connectivity index (χ2n) is 6.46. The van der Waals surface area contributed by atoms with E-state index in [0.29, 0.717) is 17.7 Å². The molecule has 0 fully saturated rings. The molecular weight excluding hydrogens is 276 g/mol. The van der Waals surface area contributed by atoms with Crippen molar-refractivity contribution in [3.8, 4) is 5.75 Å². The van der Waals surface area contributed by atoms with Gasteiger partial charge in [0, 0.05) is 31.0 Å². The molecule has 2 heterocycles. The molecule has 0 saturated heterocycles. The van der Waals surface area contributed by atoms with Gasteiger partial charge in [-0.25, -0.2) is 0 Å². The van der Waals surface area contributed by atoms with Gasteiger partial charge in [0.25, 0.3) is 0 Å². The lowest BCUT2D eigenvalue weighted by atomic mass is 10.0. The lowest BCUT2D eigenvalue weighted by molar-refractivity contribution is 0.345. The summed E-state index contributed by atoms with van der Waals surface area (Å²) >= 11 is 0. The highest BCUT2D eigenvalue weighted by Crippen LogP contribution is 2.23. The predicted octanol–water partition coefficient (Wildman–Crippen LogP) is 2.77. The van der Waals surface area contributed by atoms with Crippen molar-refractivity contribution in [2.45, 2.75) is 58.2 Å². The van der Waals surface area contributed by atoms with Crippen molar-refractivity contribution in [1.82, 2.24) is 20.1 Å². The Bertz CT molecular complexity index is 650. The summed E-state index contributed by atoms with van der Waals surface area (Å²) in [6.45, 7) is 7.37. The van der Waals surface area contributed by atoms with Crippen LogP contribution in [-0.2, 0) is 13.0 Å². The molecule has 0 amide bonds. The SMILES string of the molecule is CC(C)c1nnc2n1C[C@H](N[C@H](C)c1cccc(O)c1)CC2. The topological polar surface area (TPSA) is 63.0 Å². The Morgan fingerprint density at radius 2 is 2.09 bits per heavy atom. The first-order valence-corrected chi connectivity index (χ1v) is 8.01. The highest BCUT2D eigenvalue weighted by molar-refractivity contribution is 5.29. The fourth-order valence-corrected chi connectivity index (χ4v) is 3.16. The van der Waals surface area contributed by atoms with Gasteiger partial charge in [0.2, 0.25) is 0 Å². The maximum absolute atomic E-state index is 9.62. The zero-order chi connectivity index (χ0) is 15.7. The third-order valence-electron chi connectivity index (χ3n) is 4.35. The largest absolute Gasteiger partial charge is 0.508 e. The van der Waals surface area contributed by atoms with Crippen LogP contribution in [0.1, 0.15) is 56.4 Å². The Kier molecular flexibility index (Phi) is 4.16. The maximum Gasteiger partial charge on any atom is 0.135 e. The molecule has 0 radical (unpaired) electrons. The number of phenols is 1. The van der Waals surface area contributed by atoms with E-state index in [1.807, 2.05) is 18.2 Å². The van der Waals surface area contributed by atoms with Crippen LogP contribution in [-0.4, -0.2) is 25.9 Å². The molecular formula is C17H24N4O. The number of benzene rings is 1. The Labute approximate surface area is 131 Å². The Balaban J connectivity index is 1.71. The summed E-state index contributed by atoms with van der Waals surface area (Å²) in [6, 6.07) is 8.07. The van der Waals surface area contributed by atoms with E-state index in [0.717, 1.165) is 36.6 Å². The molecule has 5 heteroatoms. The molecule has 1 aromatic heterocycles. The summed E-state index contributed by atoms with van der Waals surface area (Å²) in [5.74, 6) is 2.89. The van der Waals surface area contributed by atoms with Gasteiger partial charge >= 0.3 is 0 Å². The lowest BCUT2D eigenvalue weighted by Crippen LogP contribution is -2.39. The van der Waals surface area contributed by atoms with Crippen molar-refractivity contribution in [1.29, 1.82) is 0 Å². The van der Waals surface area contributed by atoms with Gasteiger partial charge < -0.3 is 15.0 Å². The van der Waals surface area contributed by atoms with Gasteiger partial charge in [-0.3, -0.25) is 0 Å². The average molecular weight is 300 g/mol. The summed E-state index contributed by atoms with van der Waals surface area (Å²) in [5.41, 5.74) is 1.11. The number of hydrogen-bond donors (Lipinski definition) is 2. The lowest BCUT2D eigenvalue weighted by Gasteiger charge is -2.29. The summed E-state index contributed by atoms with van der Waals surface area (Å²) < 4.78 is 2.26. The third-order valence-corrected chi connectivity index (χ3v) is 4.35. The predicted molar refractivity (Wildman–Crippen MR) is 85.9 cm³/mol. The van der Waals surface area contributed by atoms with E-state index in [-0.39, 0.29) is 6.04 Å². The second-order valence-corrected chi connectivity index (χ2v) is 6.46.